The lowest BCUT2D eigenvalue weighted by Crippen LogP contribution is -2.39. The first-order valence-electron chi connectivity index (χ1n) is 7.90. The van der Waals surface area contributed by atoms with Crippen LogP contribution >= 0.6 is 46.4 Å². The molecule has 0 spiro atoms. The fraction of sp³-hybridized carbons (Fsp3) is 0.0526. The Kier molecular flexibility index (Phi) is 5.98. The second kappa shape index (κ2) is 7.87. The summed E-state index contributed by atoms with van der Waals surface area (Å²) in [6.07, 6.45) is 0. The Hall–Kier alpha value is -1.67. The third-order valence-corrected chi connectivity index (χ3v) is 7.48. The van der Waals surface area contributed by atoms with Crippen LogP contribution in [0, 0.1) is 0 Å². The number of benzene rings is 3. The molecule has 10 heteroatoms. The molecule has 0 amide bonds. The van der Waals surface area contributed by atoms with Crippen molar-refractivity contribution >= 4 is 56.5 Å². The van der Waals surface area contributed by atoms with Crippen molar-refractivity contribution in [1.29, 1.82) is 0 Å². The molecule has 3 rings (SSSR count). The third kappa shape index (κ3) is 3.54. The van der Waals surface area contributed by atoms with Crippen LogP contribution in [0.5, 0.6) is 11.5 Å². The standard InChI is InChI=1S/C19H12Cl4O5S/c20-14-5-1-3-12(17(14)22)19(29(26,27)28,11-8-7-10(24)9-16(11)25)13-4-2-6-15(21)18(13)23/h1-9,24-25H,(H,26,27,28). The molecule has 0 radical (unpaired) electrons. The number of hydrogen-bond acceptors (Lipinski definition) is 4. The minimum atomic E-state index is -5.13. The number of halogens is 4. The van der Waals surface area contributed by atoms with Crippen molar-refractivity contribution in [2.24, 2.45) is 0 Å². The predicted molar refractivity (Wildman–Crippen MR) is 114 cm³/mol. The van der Waals surface area contributed by atoms with Gasteiger partial charge in [-0.3, -0.25) is 4.55 Å². The molecule has 152 valence electrons. The van der Waals surface area contributed by atoms with E-state index in [9.17, 15) is 23.2 Å². The van der Waals surface area contributed by atoms with Crippen LogP contribution in [-0.4, -0.2) is 23.2 Å². The Morgan fingerprint density at radius 3 is 1.62 bits per heavy atom. The monoisotopic (exact) mass is 492 g/mol. The van der Waals surface area contributed by atoms with Crippen molar-refractivity contribution in [2.75, 3.05) is 0 Å². The highest BCUT2D eigenvalue weighted by atomic mass is 35.5. The zero-order valence-corrected chi connectivity index (χ0v) is 18.1. The van der Waals surface area contributed by atoms with Gasteiger partial charge < -0.3 is 10.2 Å². The molecule has 5 nitrogen and oxygen atoms in total. The van der Waals surface area contributed by atoms with Crippen LogP contribution in [0.15, 0.2) is 54.6 Å². The maximum Gasteiger partial charge on any atom is 0.283 e. The largest absolute Gasteiger partial charge is 0.508 e. The molecule has 0 unspecified atom stereocenters. The van der Waals surface area contributed by atoms with E-state index in [1.807, 2.05) is 0 Å². The fourth-order valence-electron chi connectivity index (χ4n) is 3.22. The Balaban J connectivity index is 2.65. The summed E-state index contributed by atoms with van der Waals surface area (Å²) in [5, 5.41) is 19.9. The van der Waals surface area contributed by atoms with E-state index in [0.717, 1.165) is 18.2 Å². The number of phenolic OH excluding ortho intramolecular Hbond substituents is 2. The van der Waals surface area contributed by atoms with Gasteiger partial charge in [0.25, 0.3) is 10.1 Å². The van der Waals surface area contributed by atoms with Gasteiger partial charge in [-0.1, -0.05) is 70.7 Å². The maximum absolute atomic E-state index is 13.0. The van der Waals surface area contributed by atoms with Gasteiger partial charge in [-0.2, -0.15) is 8.42 Å². The average molecular weight is 494 g/mol. The number of rotatable bonds is 4. The molecule has 3 aromatic carbocycles. The Bertz CT molecular complexity index is 1160. The van der Waals surface area contributed by atoms with Gasteiger partial charge in [0.2, 0.25) is 0 Å². The van der Waals surface area contributed by atoms with Gasteiger partial charge in [-0.05, 0) is 24.3 Å². The highest BCUT2D eigenvalue weighted by Crippen LogP contribution is 2.53. The number of aromatic hydroxyl groups is 2. The zero-order valence-electron chi connectivity index (χ0n) is 14.3. The van der Waals surface area contributed by atoms with E-state index in [0.29, 0.717) is 0 Å². The quantitative estimate of drug-likeness (QED) is 0.311. The molecule has 0 heterocycles. The van der Waals surface area contributed by atoms with Crippen molar-refractivity contribution in [2.45, 2.75) is 4.75 Å². The van der Waals surface area contributed by atoms with E-state index < -0.39 is 20.6 Å². The minimum Gasteiger partial charge on any atom is -0.508 e. The molecular weight excluding hydrogens is 482 g/mol. The van der Waals surface area contributed by atoms with Crippen LogP contribution in [-0.2, 0) is 14.9 Å². The summed E-state index contributed by atoms with van der Waals surface area (Å²) < 4.78 is 34.0. The Labute approximate surface area is 186 Å². The Morgan fingerprint density at radius 1 is 0.724 bits per heavy atom. The molecule has 0 saturated carbocycles. The molecule has 29 heavy (non-hydrogen) atoms. The molecular formula is C19H12Cl4O5S. The van der Waals surface area contributed by atoms with Crippen LogP contribution in [0.4, 0.5) is 0 Å². The first kappa shape index (κ1) is 22.0. The van der Waals surface area contributed by atoms with Crippen LogP contribution < -0.4 is 0 Å². The molecule has 0 aliphatic rings. The van der Waals surface area contributed by atoms with E-state index in [4.69, 9.17) is 46.4 Å². The predicted octanol–water partition coefficient (Wildman–Crippen LogP) is 5.89. The maximum atomic E-state index is 13.0. The molecule has 0 bridgehead atoms. The normalized spacial score (nSPS) is 12.2. The van der Waals surface area contributed by atoms with Crippen molar-refractivity contribution in [3.63, 3.8) is 0 Å². The molecule has 3 N–H and O–H groups in total. The van der Waals surface area contributed by atoms with Gasteiger partial charge in [-0.25, -0.2) is 0 Å². The first-order chi connectivity index (χ1) is 13.5. The highest BCUT2D eigenvalue weighted by Gasteiger charge is 2.52. The first-order valence-corrected chi connectivity index (χ1v) is 10.9. The third-order valence-electron chi connectivity index (χ3n) is 4.41. The van der Waals surface area contributed by atoms with Crippen molar-refractivity contribution in [1.82, 2.24) is 0 Å². The zero-order chi connectivity index (χ0) is 21.6. The summed E-state index contributed by atoms with van der Waals surface area (Å²) in [7, 11) is -5.13. The van der Waals surface area contributed by atoms with Gasteiger partial charge in [0, 0.05) is 22.8 Å². The topological polar surface area (TPSA) is 94.8 Å². The minimum absolute atomic E-state index is 0.00797. The fourth-order valence-corrected chi connectivity index (χ4v) is 5.56. The molecule has 0 aliphatic carbocycles. The van der Waals surface area contributed by atoms with Gasteiger partial charge in [0.05, 0.1) is 20.1 Å². The molecule has 3 aromatic rings. The molecule has 0 atom stereocenters. The molecule has 0 fully saturated rings. The van der Waals surface area contributed by atoms with Crippen LogP contribution in [0.2, 0.25) is 20.1 Å². The molecule has 0 aromatic heterocycles. The van der Waals surface area contributed by atoms with Crippen molar-refractivity contribution in [3.05, 3.63) is 91.4 Å². The number of phenols is 2. The van der Waals surface area contributed by atoms with Gasteiger partial charge in [0.1, 0.15) is 11.5 Å². The molecule has 0 saturated heterocycles. The summed E-state index contributed by atoms with van der Waals surface area (Å²) in [6, 6.07) is 11.6. The lowest BCUT2D eigenvalue weighted by Gasteiger charge is -2.34. The summed E-state index contributed by atoms with van der Waals surface area (Å²) in [6.45, 7) is 0. The van der Waals surface area contributed by atoms with E-state index in [-0.39, 0.29) is 42.5 Å². The van der Waals surface area contributed by atoms with Crippen molar-refractivity contribution < 1.29 is 23.2 Å². The summed E-state index contributed by atoms with van der Waals surface area (Å²) in [5.41, 5.74) is -0.648. The Morgan fingerprint density at radius 2 is 1.21 bits per heavy atom. The summed E-state index contributed by atoms with van der Waals surface area (Å²) in [5.74, 6) is -0.959. The summed E-state index contributed by atoms with van der Waals surface area (Å²) in [4.78, 5) is 0. The van der Waals surface area contributed by atoms with Crippen LogP contribution in [0.25, 0.3) is 0 Å². The number of hydrogen-bond donors (Lipinski definition) is 3. The second-order valence-electron chi connectivity index (χ2n) is 6.06. The van der Waals surface area contributed by atoms with Gasteiger partial charge in [-0.15, -0.1) is 0 Å². The van der Waals surface area contributed by atoms with Crippen LogP contribution in [0.1, 0.15) is 16.7 Å². The van der Waals surface area contributed by atoms with Gasteiger partial charge in [0.15, 0.2) is 4.75 Å². The van der Waals surface area contributed by atoms with Gasteiger partial charge >= 0.3 is 0 Å². The van der Waals surface area contributed by atoms with Crippen LogP contribution in [0.3, 0.4) is 0 Å². The lowest BCUT2D eigenvalue weighted by molar-refractivity contribution is 0.431. The summed E-state index contributed by atoms with van der Waals surface area (Å²) >= 11 is 24.9. The van der Waals surface area contributed by atoms with E-state index >= 15 is 0 Å². The van der Waals surface area contributed by atoms with E-state index in [2.05, 4.69) is 0 Å². The lowest BCUT2D eigenvalue weighted by atomic mass is 9.83. The second-order valence-corrected chi connectivity index (χ2v) is 9.19. The average Bonchev–Trinajstić information content (AvgIpc) is 2.62. The van der Waals surface area contributed by atoms with E-state index in [1.54, 1.807) is 0 Å². The SMILES string of the molecule is O=S(=O)(O)C(c1ccc(O)cc1O)(c1cccc(Cl)c1Cl)c1cccc(Cl)c1Cl. The van der Waals surface area contributed by atoms with E-state index in [1.165, 1.54) is 36.4 Å². The molecule has 0 aliphatic heterocycles. The van der Waals surface area contributed by atoms with Crippen molar-refractivity contribution in [3.8, 4) is 11.5 Å². The smallest absolute Gasteiger partial charge is 0.283 e. The highest BCUT2D eigenvalue weighted by molar-refractivity contribution is 7.87.